The third-order valence-corrected chi connectivity index (χ3v) is 6.05. The third-order valence-electron chi connectivity index (χ3n) is 5.64. The van der Waals surface area contributed by atoms with Crippen molar-refractivity contribution in [2.24, 2.45) is 0 Å². The molecule has 0 saturated heterocycles. The van der Waals surface area contributed by atoms with Crippen LogP contribution in [0, 0.1) is 6.92 Å². The zero-order valence-corrected chi connectivity index (χ0v) is 18.2. The molecule has 0 atom stereocenters. The summed E-state index contributed by atoms with van der Waals surface area (Å²) in [5.41, 5.74) is 3.91. The number of hydrogen-bond acceptors (Lipinski definition) is 3. The molecule has 3 amide bonds. The first-order chi connectivity index (χ1) is 15.0. The van der Waals surface area contributed by atoms with Crippen LogP contribution in [0.4, 0.5) is 10.5 Å². The number of aryl methyl sites for hydroxylation is 1. The second-order valence-electron chi connectivity index (χ2n) is 7.94. The van der Waals surface area contributed by atoms with Crippen LogP contribution in [0.2, 0.25) is 5.02 Å². The monoisotopic (exact) mass is 439 g/mol. The van der Waals surface area contributed by atoms with E-state index in [0.29, 0.717) is 29.4 Å². The Morgan fingerprint density at radius 1 is 1.16 bits per heavy atom. The number of amides is 3. The molecule has 3 aromatic rings. The predicted octanol–water partition coefficient (Wildman–Crippen LogP) is 4.49. The lowest BCUT2D eigenvalue weighted by atomic mass is 10.1. The molecule has 3 N–H and O–H groups in total. The standard InChI is InChI=1S/C23H26ClN5O2/c1-15-6-8-18(13-19(15)24)28-23(31)25-10-11-29-14-26-20-12-16(7-9-21(20)29)22(30)27-17-4-2-3-5-17/h6-9,12-14,17H,2-5,10-11H2,1H3,(H,27,30)(H2,25,28,31). The maximum Gasteiger partial charge on any atom is 0.319 e. The van der Waals surface area contributed by atoms with E-state index in [1.54, 1.807) is 12.4 Å². The first-order valence-electron chi connectivity index (χ1n) is 10.6. The third kappa shape index (κ3) is 5.17. The summed E-state index contributed by atoms with van der Waals surface area (Å²) in [7, 11) is 0. The molecule has 4 rings (SSSR count). The van der Waals surface area contributed by atoms with Crippen LogP contribution in [0.5, 0.6) is 0 Å². The molecular weight excluding hydrogens is 414 g/mol. The van der Waals surface area contributed by atoms with Crippen LogP contribution in [0.1, 0.15) is 41.6 Å². The molecule has 0 bridgehead atoms. The molecular formula is C23H26ClN5O2. The number of hydrogen-bond donors (Lipinski definition) is 3. The Balaban J connectivity index is 1.31. The minimum atomic E-state index is -0.296. The molecule has 0 unspecified atom stereocenters. The van der Waals surface area contributed by atoms with Gasteiger partial charge in [0.1, 0.15) is 0 Å². The maximum absolute atomic E-state index is 12.5. The zero-order chi connectivity index (χ0) is 21.8. The smallest absolute Gasteiger partial charge is 0.319 e. The van der Waals surface area contributed by atoms with E-state index in [2.05, 4.69) is 20.9 Å². The van der Waals surface area contributed by atoms with Gasteiger partial charge in [0.25, 0.3) is 5.91 Å². The molecule has 1 aliphatic carbocycles. The number of anilines is 1. The van der Waals surface area contributed by atoms with Crippen molar-refractivity contribution in [2.45, 2.75) is 45.2 Å². The number of imidazole rings is 1. The van der Waals surface area contributed by atoms with Crippen molar-refractivity contribution in [1.29, 1.82) is 0 Å². The average Bonchev–Trinajstić information content (AvgIpc) is 3.40. The van der Waals surface area contributed by atoms with E-state index < -0.39 is 0 Å². The van der Waals surface area contributed by atoms with Crippen LogP contribution in [0.15, 0.2) is 42.7 Å². The van der Waals surface area contributed by atoms with Crippen molar-refractivity contribution in [3.8, 4) is 0 Å². The van der Waals surface area contributed by atoms with Crippen LogP contribution in [0.3, 0.4) is 0 Å². The second kappa shape index (κ2) is 9.39. The summed E-state index contributed by atoms with van der Waals surface area (Å²) in [4.78, 5) is 29.0. The van der Waals surface area contributed by atoms with Gasteiger partial charge < -0.3 is 20.5 Å². The van der Waals surface area contributed by atoms with Crippen molar-refractivity contribution in [2.75, 3.05) is 11.9 Å². The summed E-state index contributed by atoms with van der Waals surface area (Å²) in [5, 5.41) is 9.32. The molecule has 162 valence electrons. The van der Waals surface area contributed by atoms with E-state index in [9.17, 15) is 9.59 Å². The Kier molecular flexibility index (Phi) is 6.42. The van der Waals surface area contributed by atoms with E-state index in [-0.39, 0.29) is 18.0 Å². The van der Waals surface area contributed by atoms with Crippen molar-refractivity contribution >= 4 is 40.3 Å². The molecule has 1 saturated carbocycles. The fraction of sp³-hybridized carbons (Fsp3) is 0.348. The van der Waals surface area contributed by atoms with Gasteiger partial charge in [-0.15, -0.1) is 0 Å². The summed E-state index contributed by atoms with van der Waals surface area (Å²) >= 11 is 6.09. The van der Waals surface area contributed by atoms with E-state index in [1.165, 1.54) is 12.8 Å². The van der Waals surface area contributed by atoms with Gasteiger partial charge in [0.2, 0.25) is 0 Å². The lowest BCUT2D eigenvalue weighted by Gasteiger charge is -2.12. The molecule has 2 aromatic carbocycles. The predicted molar refractivity (Wildman–Crippen MR) is 123 cm³/mol. The normalized spacial score (nSPS) is 14.0. The van der Waals surface area contributed by atoms with Crippen molar-refractivity contribution in [3.05, 3.63) is 58.9 Å². The molecule has 0 radical (unpaired) electrons. The molecule has 0 aliphatic heterocycles. The van der Waals surface area contributed by atoms with Crippen molar-refractivity contribution in [3.63, 3.8) is 0 Å². The van der Waals surface area contributed by atoms with Crippen LogP contribution >= 0.6 is 11.6 Å². The molecule has 31 heavy (non-hydrogen) atoms. The van der Waals surface area contributed by atoms with Gasteiger partial charge in [0.15, 0.2) is 0 Å². The van der Waals surface area contributed by atoms with Crippen LogP contribution in [-0.2, 0) is 6.54 Å². The number of rotatable bonds is 6. The lowest BCUT2D eigenvalue weighted by Crippen LogP contribution is -2.32. The van der Waals surface area contributed by atoms with Crippen molar-refractivity contribution in [1.82, 2.24) is 20.2 Å². The van der Waals surface area contributed by atoms with E-state index in [0.717, 1.165) is 29.4 Å². The molecule has 1 heterocycles. The van der Waals surface area contributed by atoms with Gasteiger partial charge in [-0.25, -0.2) is 9.78 Å². The van der Waals surface area contributed by atoms with Crippen LogP contribution < -0.4 is 16.0 Å². The Hall–Kier alpha value is -3.06. The summed E-state index contributed by atoms with van der Waals surface area (Å²) < 4.78 is 1.96. The molecule has 8 heteroatoms. The van der Waals surface area contributed by atoms with Crippen molar-refractivity contribution < 1.29 is 9.59 Å². The van der Waals surface area contributed by atoms with Crippen LogP contribution in [-0.4, -0.2) is 34.1 Å². The van der Waals surface area contributed by atoms with Gasteiger partial charge in [0, 0.05) is 35.4 Å². The highest BCUT2D eigenvalue weighted by Crippen LogP contribution is 2.21. The van der Waals surface area contributed by atoms with E-state index >= 15 is 0 Å². The summed E-state index contributed by atoms with van der Waals surface area (Å²) in [6.07, 6.45) is 6.20. The van der Waals surface area contributed by atoms with Gasteiger partial charge in [-0.3, -0.25) is 4.79 Å². The SMILES string of the molecule is Cc1ccc(NC(=O)NCCn2cnc3cc(C(=O)NC4CCCC4)ccc32)cc1Cl. The van der Waals surface area contributed by atoms with E-state index in [4.69, 9.17) is 11.6 Å². The number of halogens is 1. The number of benzene rings is 2. The number of aromatic nitrogens is 2. The first-order valence-corrected chi connectivity index (χ1v) is 10.9. The fourth-order valence-corrected chi connectivity index (χ4v) is 4.04. The number of nitrogens with zero attached hydrogens (tertiary/aromatic N) is 2. The van der Waals surface area contributed by atoms with Gasteiger partial charge in [0.05, 0.1) is 17.4 Å². The number of carbonyl (C=O) groups excluding carboxylic acids is 2. The molecule has 0 spiro atoms. The Morgan fingerprint density at radius 3 is 2.74 bits per heavy atom. The average molecular weight is 440 g/mol. The Labute approximate surface area is 186 Å². The minimum Gasteiger partial charge on any atom is -0.349 e. The summed E-state index contributed by atoms with van der Waals surface area (Å²) in [6.45, 7) is 2.90. The largest absolute Gasteiger partial charge is 0.349 e. The summed E-state index contributed by atoms with van der Waals surface area (Å²) in [6, 6.07) is 10.9. The quantitative estimate of drug-likeness (QED) is 0.528. The topological polar surface area (TPSA) is 88.1 Å². The Bertz CT molecular complexity index is 1100. The highest BCUT2D eigenvalue weighted by Gasteiger charge is 2.18. The molecule has 1 fully saturated rings. The fourth-order valence-electron chi connectivity index (χ4n) is 3.86. The van der Waals surface area contributed by atoms with Gasteiger partial charge >= 0.3 is 6.03 Å². The number of carbonyl (C=O) groups is 2. The maximum atomic E-state index is 12.5. The first kappa shape index (κ1) is 21.2. The number of urea groups is 1. The van der Waals surface area contributed by atoms with Gasteiger partial charge in [-0.1, -0.05) is 30.5 Å². The molecule has 1 aromatic heterocycles. The minimum absolute atomic E-state index is 0.0436. The van der Waals surface area contributed by atoms with Crippen LogP contribution in [0.25, 0.3) is 11.0 Å². The summed E-state index contributed by atoms with van der Waals surface area (Å²) in [5.74, 6) is -0.0436. The molecule has 7 nitrogen and oxygen atoms in total. The van der Waals surface area contributed by atoms with E-state index in [1.807, 2.05) is 41.8 Å². The van der Waals surface area contributed by atoms with Gasteiger partial charge in [-0.05, 0) is 55.7 Å². The Morgan fingerprint density at radius 2 is 1.97 bits per heavy atom. The zero-order valence-electron chi connectivity index (χ0n) is 17.5. The van der Waals surface area contributed by atoms with Gasteiger partial charge in [-0.2, -0.15) is 0 Å². The number of fused-ring (bicyclic) bond motifs is 1. The highest BCUT2D eigenvalue weighted by molar-refractivity contribution is 6.31. The highest BCUT2D eigenvalue weighted by atomic mass is 35.5. The lowest BCUT2D eigenvalue weighted by molar-refractivity contribution is 0.0938. The second-order valence-corrected chi connectivity index (χ2v) is 8.35. The number of nitrogens with one attached hydrogen (secondary N) is 3. The molecule has 1 aliphatic rings.